The van der Waals surface area contributed by atoms with Gasteiger partial charge in [-0.1, -0.05) is 31.7 Å². The van der Waals surface area contributed by atoms with Crippen molar-refractivity contribution in [3.8, 4) is 10.8 Å². The molecule has 0 aliphatic carbocycles. The van der Waals surface area contributed by atoms with Gasteiger partial charge < -0.3 is 9.47 Å². The number of nitrogens with one attached hydrogen (secondary N) is 1. The molecule has 0 fully saturated rings. The molecule has 1 N–H and O–H groups in total. The van der Waals surface area contributed by atoms with Crippen molar-refractivity contribution in [1.29, 1.82) is 0 Å². The maximum atomic E-state index is 14.9. The zero-order valence-corrected chi connectivity index (χ0v) is 21.6. The molecule has 41 heavy (non-hydrogen) atoms. The molecule has 0 radical (unpaired) electrons. The highest BCUT2D eigenvalue weighted by Gasteiger charge is 2.36. The predicted molar refractivity (Wildman–Crippen MR) is 144 cm³/mol. The lowest BCUT2D eigenvalue weighted by Crippen LogP contribution is -2.40. The van der Waals surface area contributed by atoms with Crippen LogP contribution in [0.5, 0.6) is 0 Å². The number of carbonyl (C=O) groups excluding carboxylic acids is 1. The molecule has 14 heteroatoms. The second-order valence-electron chi connectivity index (χ2n) is 9.42. The standard InChI is InChI=1S/C26H19F4N7O2S.CH4/c1-13-10-36(11-21-33-34-22(37(13)21)24-31-20(12-40-24)26(28,29)30)25(39)17-8-14(6-7-18(17)27)9-19-15-4-2-3-5-16(15)23(38)35-32-19;/h2-8,12-13H,9-11H2,1H3,(H,35,38);1H4. The first kappa shape index (κ1) is 28.1. The fourth-order valence-corrected chi connectivity index (χ4v) is 5.66. The minimum absolute atomic E-state index is 0. The number of aromatic nitrogens is 6. The van der Waals surface area contributed by atoms with Crippen LogP contribution in [0, 0.1) is 5.82 Å². The number of fused-ring (bicyclic) bond motifs is 2. The highest BCUT2D eigenvalue weighted by atomic mass is 32.1. The number of nitrogens with zero attached hydrogens (tertiary/aromatic N) is 6. The quantitative estimate of drug-likeness (QED) is 0.289. The normalized spacial score (nSPS) is 15.0. The fourth-order valence-electron chi connectivity index (χ4n) is 4.85. The number of thiazole rings is 1. The van der Waals surface area contributed by atoms with Gasteiger partial charge in [0.25, 0.3) is 11.5 Å². The molecule has 4 heterocycles. The van der Waals surface area contributed by atoms with Gasteiger partial charge in [-0.25, -0.2) is 14.5 Å². The fraction of sp³-hybridized carbons (Fsp3) is 0.259. The molecule has 0 spiro atoms. The lowest BCUT2D eigenvalue weighted by molar-refractivity contribution is -0.140. The van der Waals surface area contributed by atoms with Gasteiger partial charge in [-0.05, 0) is 30.7 Å². The average Bonchev–Trinajstić information content (AvgIpc) is 3.59. The summed E-state index contributed by atoms with van der Waals surface area (Å²) < 4.78 is 55.7. The average molecular weight is 586 g/mol. The molecule has 6 rings (SSSR count). The minimum atomic E-state index is -4.58. The summed E-state index contributed by atoms with van der Waals surface area (Å²) >= 11 is 0.809. The summed E-state index contributed by atoms with van der Waals surface area (Å²) in [5.41, 5.74) is -0.274. The van der Waals surface area contributed by atoms with E-state index in [-0.39, 0.29) is 48.9 Å². The predicted octanol–water partition coefficient (Wildman–Crippen LogP) is 5.24. The summed E-state index contributed by atoms with van der Waals surface area (Å²) in [5.74, 6) is -0.721. The highest BCUT2D eigenvalue weighted by Crippen LogP contribution is 2.35. The van der Waals surface area contributed by atoms with Crippen molar-refractivity contribution >= 4 is 28.0 Å². The van der Waals surface area contributed by atoms with Gasteiger partial charge in [-0.15, -0.1) is 21.5 Å². The number of aromatic amines is 1. The van der Waals surface area contributed by atoms with E-state index >= 15 is 0 Å². The first-order valence-electron chi connectivity index (χ1n) is 12.1. The molecule has 1 atom stereocenters. The van der Waals surface area contributed by atoms with Crippen LogP contribution in [0.15, 0.2) is 52.6 Å². The smallest absolute Gasteiger partial charge is 0.329 e. The van der Waals surface area contributed by atoms with Crippen molar-refractivity contribution in [2.24, 2.45) is 0 Å². The van der Waals surface area contributed by atoms with Gasteiger partial charge in [0.2, 0.25) is 0 Å². The summed E-state index contributed by atoms with van der Waals surface area (Å²) in [5, 5.41) is 16.9. The molecule has 0 saturated heterocycles. The van der Waals surface area contributed by atoms with E-state index in [4.69, 9.17) is 0 Å². The Morgan fingerprint density at radius 3 is 2.63 bits per heavy atom. The van der Waals surface area contributed by atoms with Crippen molar-refractivity contribution in [2.75, 3.05) is 6.54 Å². The molecule has 1 unspecified atom stereocenters. The van der Waals surface area contributed by atoms with Crippen molar-refractivity contribution in [2.45, 2.75) is 39.5 Å². The van der Waals surface area contributed by atoms with Crippen LogP contribution >= 0.6 is 11.3 Å². The first-order valence-corrected chi connectivity index (χ1v) is 13.0. The molecule has 0 bridgehead atoms. The van der Waals surface area contributed by atoms with Gasteiger partial charge in [0, 0.05) is 23.7 Å². The van der Waals surface area contributed by atoms with Crippen LogP contribution in [-0.2, 0) is 19.1 Å². The molecular formula is C27H23F4N7O2S. The SMILES string of the molecule is C.CC1CN(C(=O)c2cc(Cc3n[nH]c(=O)c4ccccc34)ccc2F)Cc2nnc(-c3nc(C(F)(F)F)cs3)n21. The molecule has 1 aliphatic rings. The molecular weight excluding hydrogens is 562 g/mol. The highest BCUT2D eigenvalue weighted by molar-refractivity contribution is 7.13. The van der Waals surface area contributed by atoms with Gasteiger partial charge in [0.15, 0.2) is 22.4 Å². The third-order valence-corrected chi connectivity index (χ3v) is 7.54. The van der Waals surface area contributed by atoms with Crippen LogP contribution < -0.4 is 5.56 Å². The Kier molecular flexibility index (Phi) is 7.19. The van der Waals surface area contributed by atoms with Gasteiger partial charge in [-0.3, -0.25) is 9.59 Å². The number of benzene rings is 2. The Balaban J connectivity index is 0.00000337. The van der Waals surface area contributed by atoms with Crippen LogP contribution in [0.3, 0.4) is 0 Å². The Morgan fingerprint density at radius 2 is 1.90 bits per heavy atom. The van der Waals surface area contributed by atoms with E-state index in [9.17, 15) is 27.2 Å². The van der Waals surface area contributed by atoms with E-state index < -0.39 is 29.6 Å². The monoisotopic (exact) mass is 585 g/mol. The first-order chi connectivity index (χ1) is 19.1. The second-order valence-corrected chi connectivity index (χ2v) is 10.3. The number of rotatable bonds is 4. The number of halogens is 4. The van der Waals surface area contributed by atoms with Crippen LogP contribution in [0.4, 0.5) is 17.6 Å². The van der Waals surface area contributed by atoms with E-state index in [0.29, 0.717) is 27.9 Å². The summed E-state index contributed by atoms with van der Waals surface area (Å²) in [7, 11) is 0. The number of hydrogen-bond donors (Lipinski definition) is 1. The van der Waals surface area contributed by atoms with Crippen LogP contribution in [0.2, 0.25) is 0 Å². The summed E-state index contributed by atoms with van der Waals surface area (Å²) in [4.78, 5) is 30.7. The molecule has 1 amide bonds. The Labute approximate surface area is 234 Å². The van der Waals surface area contributed by atoms with E-state index in [0.717, 1.165) is 16.7 Å². The summed E-state index contributed by atoms with van der Waals surface area (Å²) in [6.07, 6.45) is -4.33. The van der Waals surface area contributed by atoms with E-state index in [1.54, 1.807) is 41.8 Å². The Hall–Kier alpha value is -4.46. The van der Waals surface area contributed by atoms with Crippen molar-refractivity contribution in [1.82, 2.24) is 34.8 Å². The molecule has 2 aromatic carbocycles. The number of carbonyl (C=O) groups is 1. The zero-order valence-electron chi connectivity index (χ0n) is 20.7. The third-order valence-electron chi connectivity index (χ3n) is 6.70. The molecule has 9 nitrogen and oxygen atoms in total. The van der Waals surface area contributed by atoms with Crippen molar-refractivity contribution in [3.05, 3.63) is 92.4 Å². The van der Waals surface area contributed by atoms with Crippen LogP contribution in [-0.4, -0.2) is 47.3 Å². The number of alkyl halides is 3. The largest absolute Gasteiger partial charge is 0.434 e. The number of hydrogen-bond acceptors (Lipinski definition) is 7. The van der Waals surface area contributed by atoms with Gasteiger partial charge in [0.05, 0.1) is 29.2 Å². The number of amides is 1. The Bertz CT molecular complexity index is 1830. The lowest BCUT2D eigenvalue weighted by atomic mass is 10.0. The summed E-state index contributed by atoms with van der Waals surface area (Å²) in [6, 6.07) is 10.8. The van der Waals surface area contributed by atoms with Crippen LogP contribution in [0.1, 0.15) is 53.5 Å². The van der Waals surface area contributed by atoms with Crippen molar-refractivity contribution < 1.29 is 22.4 Å². The lowest BCUT2D eigenvalue weighted by Gasteiger charge is -2.32. The van der Waals surface area contributed by atoms with E-state index in [1.165, 1.54) is 17.0 Å². The molecule has 3 aromatic heterocycles. The van der Waals surface area contributed by atoms with Gasteiger partial charge >= 0.3 is 6.18 Å². The topological polar surface area (TPSA) is 110 Å². The van der Waals surface area contributed by atoms with Crippen molar-refractivity contribution in [3.63, 3.8) is 0 Å². The maximum absolute atomic E-state index is 14.9. The zero-order chi connectivity index (χ0) is 28.2. The molecule has 212 valence electrons. The maximum Gasteiger partial charge on any atom is 0.434 e. The third kappa shape index (κ3) is 5.10. The van der Waals surface area contributed by atoms with E-state index in [1.807, 2.05) is 0 Å². The minimum Gasteiger partial charge on any atom is -0.329 e. The Morgan fingerprint density at radius 1 is 1.15 bits per heavy atom. The van der Waals surface area contributed by atoms with Crippen LogP contribution in [0.25, 0.3) is 21.6 Å². The summed E-state index contributed by atoms with van der Waals surface area (Å²) in [6.45, 7) is 1.92. The van der Waals surface area contributed by atoms with Gasteiger partial charge in [-0.2, -0.15) is 18.3 Å². The second kappa shape index (κ2) is 10.5. The van der Waals surface area contributed by atoms with Gasteiger partial charge in [0.1, 0.15) is 5.82 Å². The number of H-pyrrole nitrogens is 1. The molecule has 1 aliphatic heterocycles. The molecule has 0 saturated carbocycles. The molecule has 5 aromatic rings. The van der Waals surface area contributed by atoms with E-state index in [2.05, 4.69) is 25.4 Å².